The number of nitrogens with one attached hydrogen (secondary N) is 3. The number of hydrogen-bond donors (Lipinski definition) is 3. The normalized spacial score (nSPS) is 13.7. The highest BCUT2D eigenvalue weighted by Crippen LogP contribution is 2.27. The molecular formula is C28H28ClFN6O3. The van der Waals surface area contributed by atoms with Crippen molar-refractivity contribution in [1.29, 1.82) is 0 Å². The lowest BCUT2D eigenvalue weighted by Gasteiger charge is -2.26. The monoisotopic (exact) mass is 550 g/mol. The van der Waals surface area contributed by atoms with Crippen LogP contribution in [0.5, 0.6) is 5.75 Å². The molecule has 3 N–H and O–H groups in total. The molecule has 2 heterocycles. The smallest absolute Gasteiger partial charge is 0.323 e. The molecule has 9 nitrogen and oxygen atoms in total. The topological polar surface area (TPSA) is 101 Å². The standard InChI is InChI=1S/C28H28ClFN6O3/c29-24-16-21(5-8-25(24)30)35-28(37)34-20-4-1-3-19(15-20)33-27-23-7-6-22(17-26(23)31-18-32-27)39-12-2-9-36-10-13-38-14-11-36/h1,3-8,15-18H,2,9-14H2,(H,31,32,33)(H2,34,35,37). The third kappa shape index (κ3) is 7.32. The molecule has 0 unspecified atom stereocenters. The summed E-state index contributed by atoms with van der Waals surface area (Å²) in [6, 6.07) is 16.4. The number of hydrogen-bond acceptors (Lipinski definition) is 7. The van der Waals surface area contributed by atoms with Gasteiger partial charge in [0.05, 0.1) is 30.4 Å². The van der Waals surface area contributed by atoms with Crippen molar-refractivity contribution in [2.75, 3.05) is 55.4 Å². The second-order valence-electron chi connectivity index (χ2n) is 8.97. The molecule has 2 amide bonds. The Morgan fingerprint density at radius 3 is 2.62 bits per heavy atom. The van der Waals surface area contributed by atoms with E-state index >= 15 is 0 Å². The third-order valence-corrected chi connectivity index (χ3v) is 6.45. The predicted octanol–water partition coefficient (Wildman–Crippen LogP) is 5.91. The van der Waals surface area contributed by atoms with Gasteiger partial charge in [-0.25, -0.2) is 19.2 Å². The molecule has 1 aliphatic heterocycles. The Bertz CT molecular complexity index is 1450. The first-order valence-corrected chi connectivity index (χ1v) is 13.0. The number of anilines is 4. The number of ether oxygens (including phenoxy) is 2. The molecule has 0 saturated carbocycles. The molecule has 5 rings (SSSR count). The van der Waals surface area contributed by atoms with E-state index in [9.17, 15) is 9.18 Å². The fraction of sp³-hybridized carbons (Fsp3) is 0.250. The highest BCUT2D eigenvalue weighted by atomic mass is 35.5. The number of aromatic nitrogens is 2. The summed E-state index contributed by atoms with van der Waals surface area (Å²) in [4.78, 5) is 23.6. The van der Waals surface area contributed by atoms with Crippen molar-refractivity contribution in [3.05, 3.63) is 77.8 Å². The fourth-order valence-electron chi connectivity index (χ4n) is 4.21. The molecule has 39 heavy (non-hydrogen) atoms. The molecule has 1 aromatic heterocycles. The van der Waals surface area contributed by atoms with Gasteiger partial charge in [-0.3, -0.25) is 4.90 Å². The minimum atomic E-state index is -0.554. The first-order chi connectivity index (χ1) is 19.0. The zero-order valence-electron chi connectivity index (χ0n) is 21.1. The van der Waals surface area contributed by atoms with E-state index in [-0.39, 0.29) is 5.02 Å². The summed E-state index contributed by atoms with van der Waals surface area (Å²) in [5.74, 6) is 0.831. The number of urea groups is 1. The van der Waals surface area contributed by atoms with Crippen LogP contribution < -0.4 is 20.7 Å². The van der Waals surface area contributed by atoms with Crippen molar-refractivity contribution in [3.63, 3.8) is 0 Å². The van der Waals surface area contributed by atoms with Crippen LogP contribution in [0, 0.1) is 5.82 Å². The molecule has 0 spiro atoms. The van der Waals surface area contributed by atoms with Crippen molar-refractivity contribution in [2.24, 2.45) is 0 Å². The maximum atomic E-state index is 13.4. The number of benzene rings is 3. The van der Waals surface area contributed by atoms with Crippen molar-refractivity contribution in [2.45, 2.75) is 6.42 Å². The number of nitrogens with zero attached hydrogens (tertiary/aromatic N) is 3. The highest BCUT2D eigenvalue weighted by Gasteiger charge is 2.11. The van der Waals surface area contributed by atoms with Crippen molar-refractivity contribution in [1.82, 2.24) is 14.9 Å². The maximum Gasteiger partial charge on any atom is 0.323 e. The Morgan fingerprint density at radius 1 is 1.00 bits per heavy atom. The van der Waals surface area contributed by atoms with Gasteiger partial charge in [0.1, 0.15) is 23.7 Å². The summed E-state index contributed by atoms with van der Waals surface area (Å²) in [5, 5.41) is 9.44. The van der Waals surface area contributed by atoms with Gasteiger partial charge in [0, 0.05) is 48.1 Å². The van der Waals surface area contributed by atoms with Crippen molar-refractivity contribution in [3.8, 4) is 5.75 Å². The molecule has 3 aromatic carbocycles. The zero-order chi connectivity index (χ0) is 27.0. The molecule has 1 fully saturated rings. The number of carbonyl (C=O) groups is 1. The van der Waals surface area contributed by atoms with Crippen LogP contribution in [0.4, 0.5) is 32.1 Å². The summed E-state index contributed by atoms with van der Waals surface area (Å²) in [6.45, 7) is 5.15. The van der Waals surface area contributed by atoms with Crippen LogP contribution in [0.25, 0.3) is 10.9 Å². The van der Waals surface area contributed by atoms with Crippen molar-refractivity contribution >= 4 is 51.4 Å². The molecule has 0 bridgehead atoms. The van der Waals surface area contributed by atoms with Gasteiger partial charge in [0.2, 0.25) is 0 Å². The number of fused-ring (bicyclic) bond motifs is 1. The van der Waals surface area contributed by atoms with Gasteiger partial charge in [0.15, 0.2) is 0 Å². The second-order valence-corrected chi connectivity index (χ2v) is 9.38. The lowest BCUT2D eigenvalue weighted by molar-refractivity contribution is 0.0358. The number of amides is 2. The van der Waals surface area contributed by atoms with Gasteiger partial charge in [-0.15, -0.1) is 0 Å². The zero-order valence-corrected chi connectivity index (χ0v) is 21.9. The van der Waals surface area contributed by atoms with Gasteiger partial charge in [-0.05, 0) is 55.0 Å². The molecule has 0 aliphatic carbocycles. The first kappa shape index (κ1) is 26.6. The lowest BCUT2D eigenvalue weighted by atomic mass is 10.2. The van der Waals surface area contributed by atoms with Crippen LogP contribution in [0.1, 0.15) is 6.42 Å². The van der Waals surface area contributed by atoms with Crippen LogP contribution in [0.15, 0.2) is 67.0 Å². The Kier molecular flexibility index (Phi) is 8.67. The lowest BCUT2D eigenvalue weighted by Crippen LogP contribution is -2.37. The van der Waals surface area contributed by atoms with Gasteiger partial charge in [0.25, 0.3) is 0 Å². The molecule has 1 saturated heterocycles. The minimum absolute atomic E-state index is 0.0708. The molecule has 4 aromatic rings. The van der Waals surface area contributed by atoms with Gasteiger partial charge in [-0.1, -0.05) is 17.7 Å². The number of halogens is 2. The van der Waals surface area contributed by atoms with E-state index in [1.54, 1.807) is 18.2 Å². The van der Waals surface area contributed by atoms with Gasteiger partial charge >= 0.3 is 6.03 Å². The Labute approximate surface area is 230 Å². The Balaban J connectivity index is 1.19. The van der Waals surface area contributed by atoms with Crippen LogP contribution in [-0.4, -0.2) is 60.4 Å². The Morgan fingerprint density at radius 2 is 1.79 bits per heavy atom. The van der Waals surface area contributed by atoms with Gasteiger partial charge in [-0.2, -0.15) is 0 Å². The van der Waals surface area contributed by atoms with Crippen LogP contribution in [0.2, 0.25) is 5.02 Å². The largest absolute Gasteiger partial charge is 0.493 e. The highest BCUT2D eigenvalue weighted by molar-refractivity contribution is 6.31. The Hall–Kier alpha value is -3.99. The minimum Gasteiger partial charge on any atom is -0.493 e. The molecule has 202 valence electrons. The predicted molar refractivity (Wildman–Crippen MR) is 151 cm³/mol. The van der Waals surface area contributed by atoms with E-state index in [2.05, 4.69) is 30.8 Å². The quantitative estimate of drug-likeness (QED) is 0.223. The summed E-state index contributed by atoms with van der Waals surface area (Å²) in [7, 11) is 0. The summed E-state index contributed by atoms with van der Waals surface area (Å²) in [6.07, 6.45) is 2.44. The molecular weight excluding hydrogens is 523 g/mol. The third-order valence-electron chi connectivity index (χ3n) is 6.16. The van der Waals surface area contributed by atoms with E-state index in [1.165, 1.54) is 24.5 Å². The van der Waals surface area contributed by atoms with E-state index in [0.717, 1.165) is 61.6 Å². The molecule has 0 radical (unpaired) electrons. The SMILES string of the molecule is O=C(Nc1cccc(Nc2ncnc3cc(OCCCN4CCOCC4)ccc23)c1)Nc1ccc(F)c(Cl)c1. The van der Waals surface area contributed by atoms with E-state index in [0.29, 0.717) is 23.8 Å². The second kappa shape index (κ2) is 12.7. The first-order valence-electron chi connectivity index (χ1n) is 12.6. The average molecular weight is 551 g/mol. The molecule has 0 atom stereocenters. The maximum absolute atomic E-state index is 13.4. The van der Waals surface area contributed by atoms with E-state index in [1.807, 2.05) is 24.3 Å². The summed E-state index contributed by atoms with van der Waals surface area (Å²) >= 11 is 5.78. The number of morpholine rings is 1. The van der Waals surface area contributed by atoms with Crippen LogP contribution in [0.3, 0.4) is 0 Å². The van der Waals surface area contributed by atoms with Gasteiger partial charge < -0.3 is 25.4 Å². The number of carbonyl (C=O) groups excluding carboxylic acids is 1. The average Bonchev–Trinajstić information content (AvgIpc) is 2.94. The van der Waals surface area contributed by atoms with Crippen LogP contribution in [-0.2, 0) is 4.74 Å². The van der Waals surface area contributed by atoms with E-state index in [4.69, 9.17) is 21.1 Å². The number of rotatable bonds is 9. The molecule has 11 heteroatoms. The summed E-state index contributed by atoms with van der Waals surface area (Å²) in [5.41, 5.74) is 2.41. The van der Waals surface area contributed by atoms with E-state index < -0.39 is 11.8 Å². The van der Waals surface area contributed by atoms with Crippen LogP contribution >= 0.6 is 11.6 Å². The van der Waals surface area contributed by atoms with Crippen molar-refractivity contribution < 1.29 is 18.7 Å². The molecule has 1 aliphatic rings. The summed E-state index contributed by atoms with van der Waals surface area (Å²) < 4.78 is 24.7. The fourth-order valence-corrected chi connectivity index (χ4v) is 4.39.